The van der Waals surface area contributed by atoms with E-state index in [1.54, 1.807) is 13.2 Å². The average Bonchev–Trinajstić information content (AvgIpc) is 3.90. The Hall–Kier alpha value is -4.45. The van der Waals surface area contributed by atoms with Crippen molar-refractivity contribution in [3.63, 3.8) is 0 Å². The molecule has 2 saturated carbocycles. The van der Waals surface area contributed by atoms with Crippen LogP contribution in [0.5, 0.6) is 5.75 Å². The minimum atomic E-state index is -1.40. The zero-order chi connectivity index (χ0) is 33.8. The molecule has 2 amide bonds. The van der Waals surface area contributed by atoms with Crippen molar-refractivity contribution in [2.75, 3.05) is 37.9 Å². The fraction of sp³-hybridized carbons (Fsp3) is 0.412. The highest BCUT2D eigenvalue weighted by atomic mass is 32.1. The van der Waals surface area contributed by atoms with E-state index >= 15 is 0 Å². The predicted molar refractivity (Wildman–Crippen MR) is 194 cm³/mol. The fourth-order valence-electron chi connectivity index (χ4n) is 5.80. The van der Waals surface area contributed by atoms with Gasteiger partial charge in [-0.05, 0) is 61.4 Å². The molecule has 0 spiro atoms. The molecule has 14 heteroatoms. The normalized spacial score (nSPS) is 17.5. The number of ether oxygens (including phenoxy) is 1. The summed E-state index contributed by atoms with van der Waals surface area (Å²) in [7, 11) is 16.1. The van der Waals surface area contributed by atoms with Crippen molar-refractivity contribution in [1.29, 1.82) is 0 Å². The maximum absolute atomic E-state index is 13.5. The lowest BCUT2D eigenvalue weighted by atomic mass is 9.50. The molecule has 3 aliphatic carbocycles. The van der Waals surface area contributed by atoms with E-state index in [9.17, 15) is 9.59 Å². The summed E-state index contributed by atoms with van der Waals surface area (Å²) in [6.45, 7) is 1.08. The van der Waals surface area contributed by atoms with Crippen LogP contribution in [0.3, 0.4) is 0 Å². The highest BCUT2D eigenvalue weighted by Gasteiger charge is 2.35. The third kappa shape index (κ3) is 7.64. The standard InChI is InChI=1S/C34H38B2N8O3S/c1-44(19-20-8-4-3-5-9-20)33(48)30-37-17-22(18-38-30)24-12-7-13-25(29(24)47-2)39-26-16-27(40-31(45)21-14-15-21)42-43-28(26)32(46)41-34(35,36)23-10-6-11-23/h4,7-9,12-13,16-17,21,23H,3,5-6,10-11,14-15,18-19H2,1-2H3,(H,37,38)(H,41,46)(H2,39,40,42,45). The lowest BCUT2D eigenvalue weighted by Crippen LogP contribution is -2.57. The molecular weight excluding hydrogens is 622 g/mol. The molecule has 244 valence electrons. The van der Waals surface area contributed by atoms with Crippen LogP contribution in [0, 0.1) is 11.8 Å². The number of benzene rings is 1. The second-order valence-electron chi connectivity index (χ2n) is 12.7. The van der Waals surface area contributed by atoms with E-state index in [4.69, 9.17) is 37.6 Å². The van der Waals surface area contributed by atoms with Gasteiger partial charge in [-0.1, -0.05) is 49.0 Å². The molecule has 0 unspecified atom stereocenters. The quantitative estimate of drug-likeness (QED) is 0.197. The number of allylic oxidation sites excluding steroid dienone is 2. The molecule has 48 heavy (non-hydrogen) atoms. The fourth-order valence-corrected chi connectivity index (χ4v) is 5.99. The number of nitrogens with one attached hydrogen (secondary N) is 4. The first-order valence-corrected chi connectivity index (χ1v) is 16.7. The van der Waals surface area contributed by atoms with Crippen molar-refractivity contribution < 1.29 is 14.3 Å². The first-order chi connectivity index (χ1) is 23.1. The van der Waals surface area contributed by atoms with Gasteiger partial charge >= 0.3 is 0 Å². The van der Waals surface area contributed by atoms with Gasteiger partial charge in [-0.3, -0.25) is 14.6 Å². The highest BCUT2D eigenvalue weighted by Crippen LogP contribution is 2.38. The smallest absolute Gasteiger partial charge is 0.273 e. The van der Waals surface area contributed by atoms with Crippen LogP contribution in [-0.4, -0.2) is 86.0 Å². The molecule has 0 bridgehead atoms. The number of hydrogen-bond acceptors (Lipinski definition) is 9. The minimum Gasteiger partial charge on any atom is -0.494 e. The van der Waals surface area contributed by atoms with E-state index in [0.717, 1.165) is 56.1 Å². The summed E-state index contributed by atoms with van der Waals surface area (Å²) in [6, 6.07) is 7.19. The summed E-state index contributed by atoms with van der Waals surface area (Å²) in [5, 5.41) is 19.0. The van der Waals surface area contributed by atoms with E-state index in [0.29, 0.717) is 41.0 Å². The monoisotopic (exact) mass is 660 g/mol. The van der Waals surface area contributed by atoms with Gasteiger partial charge in [-0.2, -0.15) is 0 Å². The molecule has 0 saturated heterocycles. The molecule has 2 fully saturated rings. The van der Waals surface area contributed by atoms with Gasteiger partial charge in [0, 0.05) is 42.9 Å². The molecular formula is C34H38B2N8O3S. The van der Waals surface area contributed by atoms with Gasteiger partial charge in [-0.25, -0.2) is 0 Å². The zero-order valence-electron chi connectivity index (χ0n) is 27.2. The number of anilines is 3. The van der Waals surface area contributed by atoms with Gasteiger partial charge < -0.3 is 30.9 Å². The Kier molecular flexibility index (Phi) is 10.00. The Balaban J connectivity index is 1.22. The first-order valence-electron chi connectivity index (χ1n) is 16.3. The van der Waals surface area contributed by atoms with Crippen LogP contribution in [0.2, 0.25) is 0 Å². The van der Waals surface area contributed by atoms with E-state index in [1.807, 2.05) is 36.3 Å². The molecule has 6 rings (SSSR count). The van der Waals surface area contributed by atoms with Crippen molar-refractivity contribution in [2.24, 2.45) is 16.8 Å². The molecule has 11 nitrogen and oxygen atoms in total. The molecule has 4 radical (unpaired) electrons. The number of amides is 2. The third-order valence-corrected chi connectivity index (χ3v) is 9.49. The molecule has 2 heterocycles. The molecule has 2 aromatic rings. The second kappa shape index (κ2) is 14.3. The Labute approximate surface area is 289 Å². The topological polar surface area (TPSA) is 133 Å². The number of carbonyl (C=O) groups excluding carboxylic acids is 2. The number of para-hydroxylation sites is 1. The average molecular weight is 660 g/mol. The van der Waals surface area contributed by atoms with Crippen LogP contribution in [0.25, 0.3) is 5.57 Å². The number of likely N-dealkylation sites (N-methyl/N-ethyl adjacent to an activating group) is 1. The number of methoxy groups -OCH3 is 1. The number of aromatic nitrogens is 2. The van der Waals surface area contributed by atoms with Gasteiger partial charge in [0.05, 0.1) is 40.7 Å². The number of aliphatic imine (C=N–C) groups is 1. The summed E-state index contributed by atoms with van der Waals surface area (Å²) in [5.41, 5.74) is 3.72. The van der Waals surface area contributed by atoms with Crippen molar-refractivity contribution in [2.45, 2.75) is 50.3 Å². The van der Waals surface area contributed by atoms with Crippen molar-refractivity contribution >= 4 is 73.3 Å². The minimum absolute atomic E-state index is 0.0311. The van der Waals surface area contributed by atoms with Crippen LogP contribution in [0.1, 0.15) is 61.0 Å². The van der Waals surface area contributed by atoms with E-state index in [2.05, 4.69) is 49.7 Å². The summed E-state index contributed by atoms with van der Waals surface area (Å²) < 4.78 is 5.90. The molecule has 1 aliphatic heterocycles. The second-order valence-corrected chi connectivity index (χ2v) is 13.1. The molecule has 4 N–H and O–H groups in total. The highest BCUT2D eigenvalue weighted by molar-refractivity contribution is 7.82. The van der Waals surface area contributed by atoms with E-state index in [1.165, 1.54) is 5.57 Å². The number of amidine groups is 1. The lowest BCUT2D eigenvalue weighted by molar-refractivity contribution is -0.117. The summed E-state index contributed by atoms with van der Waals surface area (Å²) in [6.07, 6.45) is 14.9. The number of rotatable bonds is 12. The SMILES string of the molecule is [B]C([B])(NC(=O)c1nnc(NC(=O)C2CC2)cc1Nc1cccc(C2=CNC(C(=S)N(C)CC3=CCCC=C3)=NC2)c1OC)C1CCC1. The van der Waals surface area contributed by atoms with E-state index in [-0.39, 0.29) is 29.3 Å². The Morgan fingerprint density at radius 1 is 1.15 bits per heavy atom. The summed E-state index contributed by atoms with van der Waals surface area (Å²) >= 11 is 5.74. The molecule has 1 aromatic heterocycles. The third-order valence-electron chi connectivity index (χ3n) is 8.99. The number of nitrogens with zero attached hydrogens (tertiary/aromatic N) is 4. The number of carbonyl (C=O) groups is 2. The van der Waals surface area contributed by atoms with Crippen LogP contribution in [0.4, 0.5) is 17.2 Å². The van der Waals surface area contributed by atoms with Crippen LogP contribution >= 0.6 is 12.2 Å². The maximum atomic E-state index is 13.5. The largest absolute Gasteiger partial charge is 0.494 e. The van der Waals surface area contributed by atoms with Gasteiger partial charge in [0.2, 0.25) is 5.91 Å². The van der Waals surface area contributed by atoms with Crippen LogP contribution in [-0.2, 0) is 4.79 Å². The van der Waals surface area contributed by atoms with Gasteiger partial charge in [0.1, 0.15) is 10.7 Å². The van der Waals surface area contributed by atoms with Gasteiger partial charge in [0.25, 0.3) is 5.91 Å². The maximum Gasteiger partial charge on any atom is 0.273 e. The van der Waals surface area contributed by atoms with Crippen molar-refractivity contribution in [1.82, 2.24) is 25.7 Å². The first kappa shape index (κ1) is 33.5. The van der Waals surface area contributed by atoms with Gasteiger partial charge in [0.15, 0.2) is 17.3 Å². The Morgan fingerprint density at radius 2 is 1.96 bits per heavy atom. The van der Waals surface area contributed by atoms with Crippen molar-refractivity contribution in [3.8, 4) is 5.75 Å². The number of thiocarbonyl (C=S) groups is 1. The lowest BCUT2D eigenvalue weighted by Gasteiger charge is -2.42. The summed E-state index contributed by atoms with van der Waals surface area (Å²) in [5.74, 6) is 0.559. The van der Waals surface area contributed by atoms with Crippen LogP contribution < -0.4 is 26.0 Å². The van der Waals surface area contributed by atoms with Gasteiger partial charge in [-0.15, -0.1) is 10.2 Å². The zero-order valence-corrected chi connectivity index (χ0v) is 28.0. The van der Waals surface area contributed by atoms with E-state index < -0.39 is 11.2 Å². The number of hydrogen-bond donors (Lipinski definition) is 4. The summed E-state index contributed by atoms with van der Waals surface area (Å²) in [4.78, 5) is 33.4. The Bertz CT molecular complexity index is 1730. The predicted octanol–water partition coefficient (Wildman–Crippen LogP) is 3.98. The molecule has 4 aliphatic rings. The molecule has 0 atom stereocenters. The molecule has 1 aromatic carbocycles. The Morgan fingerprint density at radius 3 is 2.60 bits per heavy atom. The van der Waals surface area contributed by atoms with Crippen molar-refractivity contribution in [3.05, 3.63) is 65.5 Å². The van der Waals surface area contributed by atoms with Crippen LogP contribution in [0.15, 0.2) is 59.3 Å².